The van der Waals surface area contributed by atoms with Crippen LogP contribution in [-0.2, 0) is 11.3 Å². The number of aryl methyl sites for hydroxylation is 1. The lowest BCUT2D eigenvalue weighted by molar-refractivity contribution is -0.124. The van der Waals surface area contributed by atoms with Crippen molar-refractivity contribution in [3.63, 3.8) is 0 Å². The Morgan fingerprint density at radius 2 is 2.11 bits per heavy atom. The standard InChI is InChI=1S/C21H27N3O2S/c1-14(2)19(25)22-11-17-13-27-20(23-17)16-8-6-10-24(12-16)21(26)18-9-5-4-7-15(18)3/h4-5,7,9,13-14,16H,6,8,10-12H2,1-3H3,(H,22,25)/t16-/m1/s1. The molecule has 1 fully saturated rings. The number of thiazole rings is 1. The number of nitrogens with one attached hydrogen (secondary N) is 1. The molecule has 1 aromatic heterocycles. The van der Waals surface area contributed by atoms with Crippen LogP contribution in [0, 0.1) is 12.8 Å². The first-order chi connectivity index (χ1) is 13.0. The second kappa shape index (κ2) is 8.65. The molecule has 0 bridgehead atoms. The fraction of sp³-hybridized carbons (Fsp3) is 0.476. The van der Waals surface area contributed by atoms with Gasteiger partial charge in [0, 0.05) is 35.9 Å². The van der Waals surface area contributed by atoms with Gasteiger partial charge in [0.25, 0.3) is 5.91 Å². The van der Waals surface area contributed by atoms with Crippen molar-refractivity contribution in [1.29, 1.82) is 0 Å². The van der Waals surface area contributed by atoms with Gasteiger partial charge in [-0.15, -0.1) is 11.3 Å². The van der Waals surface area contributed by atoms with Crippen molar-refractivity contribution in [3.8, 4) is 0 Å². The van der Waals surface area contributed by atoms with Crippen molar-refractivity contribution in [2.45, 2.75) is 46.1 Å². The molecule has 2 heterocycles. The van der Waals surface area contributed by atoms with Gasteiger partial charge < -0.3 is 10.2 Å². The number of hydrogen-bond donors (Lipinski definition) is 1. The largest absolute Gasteiger partial charge is 0.350 e. The van der Waals surface area contributed by atoms with Gasteiger partial charge in [-0.25, -0.2) is 4.98 Å². The van der Waals surface area contributed by atoms with E-state index in [2.05, 4.69) is 5.32 Å². The Kier molecular flexibility index (Phi) is 6.26. The molecule has 1 N–H and O–H groups in total. The maximum Gasteiger partial charge on any atom is 0.254 e. The molecule has 27 heavy (non-hydrogen) atoms. The third-order valence-corrected chi connectivity index (χ3v) is 6.03. The molecule has 0 aliphatic carbocycles. The molecule has 1 aliphatic heterocycles. The highest BCUT2D eigenvalue weighted by molar-refractivity contribution is 7.09. The molecule has 1 saturated heterocycles. The Labute approximate surface area is 164 Å². The molecule has 1 aromatic carbocycles. The van der Waals surface area contributed by atoms with Crippen LogP contribution in [0.5, 0.6) is 0 Å². The Hall–Kier alpha value is -2.21. The second-order valence-corrected chi connectivity index (χ2v) is 8.34. The van der Waals surface area contributed by atoms with E-state index in [1.54, 1.807) is 11.3 Å². The van der Waals surface area contributed by atoms with E-state index in [0.717, 1.165) is 41.2 Å². The van der Waals surface area contributed by atoms with Gasteiger partial charge in [0.2, 0.25) is 5.91 Å². The molecule has 0 saturated carbocycles. The molecule has 144 valence electrons. The lowest BCUT2D eigenvalue weighted by Crippen LogP contribution is -2.39. The van der Waals surface area contributed by atoms with Crippen molar-refractivity contribution in [1.82, 2.24) is 15.2 Å². The van der Waals surface area contributed by atoms with Gasteiger partial charge in [0.1, 0.15) is 0 Å². The molecule has 0 unspecified atom stereocenters. The normalized spacial score (nSPS) is 17.2. The second-order valence-electron chi connectivity index (χ2n) is 7.45. The topological polar surface area (TPSA) is 62.3 Å². The van der Waals surface area contributed by atoms with E-state index in [1.165, 1.54) is 0 Å². The predicted molar refractivity (Wildman–Crippen MR) is 108 cm³/mol. The van der Waals surface area contributed by atoms with E-state index in [0.29, 0.717) is 13.1 Å². The van der Waals surface area contributed by atoms with Crippen LogP contribution in [0.4, 0.5) is 0 Å². The zero-order valence-corrected chi connectivity index (χ0v) is 17.0. The molecule has 1 atom stereocenters. The maximum atomic E-state index is 12.9. The summed E-state index contributed by atoms with van der Waals surface area (Å²) < 4.78 is 0. The van der Waals surface area contributed by atoms with Crippen molar-refractivity contribution >= 4 is 23.2 Å². The molecule has 6 heteroatoms. The van der Waals surface area contributed by atoms with Gasteiger partial charge in [-0.3, -0.25) is 9.59 Å². The van der Waals surface area contributed by atoms with E-state index >= 15 is 0 Å². The van der Waals surface area contributed by atoms with Gasteiger partial charge in [0.05, 0.1) is 17.2 Å². The quantitative estimate of drug-likeness (QED) is 0.853. The Morgan fingerprint density at radius 1 is 1.33 bits per heavy atom. The fourth-order valence-electron chi connectivity index (χ4n) is 3.32. The van der Waals surface area contributed by atoms with Crippen molar-refractivity contribution in [3.05, 3.63) is 51.5 Å². The minimum atomic E-state index is -0.0255. The van der Waals surface area contributed by atoms with Crippen LogP contribution in [0.1, 0.15) is 59.2 Å². The highest BCUT2D eigenvalue weighted by Gasteiger charge is 2.27. The lowest BCUT2D eigenvalue weighted by Gasteiger charge is -2.32. The van der Waals surface area contributed by atoms with Crippen LogP contribution >= 0.6 is 11.3 Å². The first-order valence-corrected chi connectivity index (χ1v) is 10.4. The molecular formula is C21H27N3O2S. The highest BCUT2D eigenvalue weighted by atomic mass is 32.1. The van der Waals surface area contributed by atoms with Gasteiger partial charge in [-0.05, 0) is 31.4 Å². The molecule has 2 aromatic rings. The van der Waals surface area contributed by atoms with E-state index in [1.807, 2.05) is 55.3 Å². The number of piperidine rings is 1. The molecule has 0 radical (unpaired) electrons. The first-order valence-electron chi connectivity index (χ1n) is 9.52. The zero-order valence-electron chi connectivity index (χ0n) is 16.2. The number of amides is 2. The number of rotatable bonds is 5. The average molecular weight is 386 g/mol. The third-order valence-electron chi connectivity index (χ3n) is 4.97. The molecular weight excluding hydrogens is 358 g/mol. The summed E-state index contributed by atoms with van der Waals surface area (Å²) in [7, 11) is 0. The monoisotopic (exact) mass is 385 g/mol. The third kappa shape index (κ3) is 4.75. The van der Waals surface area contributed by atoms with Crippen LogP contribution < -0.4 is 5.32 Å². The minimum absolute atomic E-state index is 0.0255. The van der Waals surface area contributed by atoms with Gasteiger partial charge in [-0.1, -0.05) is 32.0 Å². The van der Waals surface area contributed by atoms with Gasteiger partial charge in [0.15, 0.2) is 0 Å². The van der Waals surface area contributed by atoms with Crippen molar-refractivity contribution < 1.29 is 9.59 Å². The van der Waals surface area contributed by atoms with E-state index in [-0.39, 0.29) is 23.7 Å². The molecule has 3 rings (SSSR count). The summed E-state index contributed by atoms with van der Waals surface area (Å²) in [5, 5.41) is 5.98. The smallest absolute Gasteiger partial charge is 0.254 e. The number of likely N-dealkylation sites (tertiary alicyclic amines) is 1. The van der Waals surface area contributed by atoms with E-state index in [4.69, 9.17) is 4.98 Å². The Bertz CT molecular complexity index is 815. The minimum Gasteiger partial charge on any atom is -0.350 e. The van der Waals surface area contributed by atoms with Crippen LogP contribution in [0.25, 0.3) is 0 Å². The lowest BCUT2D eigenvalue weighted by atomic mass is 9.97. The SMILES string of the molecule is Cc1ccccc1C(=O)N1CCC[C@@H](c2nc(CNC(=O)C(C)C)cs2)C1. The van der Waals surface area contributed by atoms with Crippen LogP contribution in [0.3, 0.4) is 0 Å². The van der Waals surface area contributed by atoms with Crippen LogP contribution in [-0.4, -0.2) is 34.8 Å². The summed E-state index contributed by atoms with van der Waals surface area (Å²) in [6, 6.07) is 7.76. The molecule has 0 spiro atoms. The summed E-state index contributed by atoms with van der Waals surface area (Å²) in [6.45, 7) is 7.71. The van der Waals surface area contributed by atoms with E-state index in [9.17, 15) is 9.59 Å². The molecule has 5 nitrogen and oxygen atoms in total. The average Bonchev–Trinajstić information content (AvgIpc) is 3.15. The number of carbonyl (C=O) groups excluding carboxylic acids is 2. The van der Waals surface area contributed by atoms with Gasteiger partial charge in [-0.2, -0.15) is 0 Å². The Morgan fingerprint density at radius 3 is 2.85 bits per heavy atom. The molecule has 1 aliphatic rings. The predicted octanol–water partition coefficient (Wildman–Crippen LogP) is 3.74. The first kappa shape index (κ1) is 19.5. The summed E-state index contributed by atoms with van der Waals surface area (Å²) >= 11 is 1.63. The maximum absolute atomic E-state index is 12.9. The summed E-state index contributed by atoms with van der Waals surface area (Å²) in [4.78, 5) is 31.3. The number of aromatic nitrogens is 1. The zero-order chi connectivity index (χ0) is 19.4. The van der Waals surface area contributed by atoms with E-state index < -0.39 is 0 Å². The number of benzene rings is 1. The van der Waals surface area contributed by atoms with Crippen LogP contribution in [0.2, 0.25) is 0 Å². The van der Waals surface area contributed by atoms with Gasteiger partial charge >= 0.3 is 0 Å². The summed E-state index contributed by atoms with van der Waals surface area (Å²) in [6.07, 6.45) is 2.03. The fourth-order valence-corrected chi connectivity index (χ4v) is 4.27. The highest BCUT2D eigenvalue weighted by Crippen LogP contribution is 2.30. The summed E-state index contributed by atoms with van der Waals surface area (Å²) in [5.74, 6) is 0.393. The summed E-state index contributed by atoms with van der Waals surface area (Å²) in [5.41, 5.74) is 2.70. The van der Waals surface area contributed by atoms with Crippen molar-refractivity contribution in [2.75, 3.05) is 13.1 Å². The number of hydrogen-bond acceptors (Lipinski definition) is 4. The molecule has 2 amide bonds. The van der Waals surface area contributed by atoms with Crippen molar-refractivity contribution in [2.24, 2.45) is 5.92 Å². The number of nitrogens with zero attached hydrogens (tertiary/aromatic N) is 2. The number of carbonyl (C=O) groups is 2. The Balaban J connectivity index is 1.64. The van der Waals surface area contributed by atoms with Crippen LogP contribution in [0.15, 0.2) is 29.6 Å².